The lowest BCUT2D eigenvalue weighted by Crippen LogP contribution is -2.53. The first-order valence-corrected chi connectivity index (χ1v) is 8.73. The Labute approximate surface area is 157 Å². The van der Waals surface area contributed by atoms with Crippen molar-refractivity contribution in [2.75, 3.05) is 19.7 Å². The zero-order valence-corrected chi connectivity index (χ0v) is 14.7. The molecule has 2 aromatic rings. The van der Waals surface area contributed by atoms with E-state index < -0.39 is 0 Å². The smallest absolute Gasteiger partial charge is 0.253 e. The maximum absolute atomic E-state index is 12.7. The molecule has 0 aliphatic carbocycles. The number of amides is 2. The molecule has 0 saturated carbocycles. The van der Waals surface area contributed by atoms with E-state index in [0.717, 1.165) is 0 Å². The fourth-order valence-electron chi connectivity index (χ4n) is 3.24. The SMILES string of the molecule is N#Cc1cccc(C(=O)N2CC[C@@H](NC(=O)c3cccnc3)[C@@H](CO)C2)c1. The van der Waals surface area contributed by atoms with Crippen LogP contribution in [0.4, 0.5) is 0 Å². The van der Waals surface area contributed by atoms with Crippen LogP contribution in [0.15, 0.2) is 48.8 Å². The first kappa shape index (κ1) is 18.5. The molecule has 2 N–H and O–H groups in total. The third-order valence-corrected chi connectivity index (χ3v) is 4.73. The average Bonchev–Trinajstić information content (AvgIpc) is 2.74. The standard InChI is InChI=1S/C20H20N4O3/c21-10-14-3-1-4-15(9-14)20(27)24-8-6-18(17(12-24)13-25)23-19(26)16-5-2-7-22-11-16/h1-5,7,9,11,17-18,25H,6,8,12-13H2,(H,23,26)/t17-,18-/m1/s1. The predicted molar refractivity (Wildman–Crippen MR) is 97.7 cm³/mol. The van der Waals surface area contributed by atoms with Crippen molar-refractivity contribution >= 4 is 11.8 Å². The molecule has 0 unspecified atom stereocenters. The highest BCUT2D eigenvalue weighted by Gasteiger charge is 2.32. The van der Waals surface area contributed by atoms with Gasteiger partial charge in [0.1, 0.15) is 0 Å². The van der Waals surface area contributed by atoms with Crippen molar-refractivity contribution in [1.82, 2.24) is 15.2 Å². The number of pyridine rings is 1. The van der Waals surface area contributed by atoms with Crippen molar-refractivity contribution in [2.24, 2.45) is 5.92 Å². The lowest BCUT2D eigenvalue weighted by molar-refractivity contribution is 0.0534. The summed E-state index contributed by atoms with van der Waals surface area (Å²) in [7, 11) is 0. The summed E-state index contributed by atoms with van der Waals surface area (Å²) in [5.74, 6) is -0.682. The van der Waals surface area contributed by atoms with Gasteiger partial charge in [-0.2, -0.15) is 5.26 Å². The topological polar surface area (TPSA) is 106 Å². The highest BCUT2D eigenvalue weighted by Crippen LogP contribution is 2.20. The number of aromatic nitrogens is 1. The average molecular weight is 364 g/mol. The molecule has 0 bridgehead atoms. The van der Waals surface area contributed by atoms with Crippen molar-refractivity contribution in [3.63, 3.8) is 0 Å². The number of nitrogens with one attached hydrogen (secondary N) is 1. The molecule has 7 nitrogen and oxygen atoms in total. The second kappa shape index (κ2) is 8.43. The highest BCUT2D eigenvalue weighted by molar-refractivity contribution is 5.95. The number of hydrogen-bond acceptors (Lipinski definition) is 5. The number of carbonyl (C=O) groups is 2. The Hall–Kier alpha value is -3.24. The number of nitriles is 1. The summed E-state index contributed by atoms with van der Waals surface area (Å²) in [5.41, 5.74) is 1.34. The minimum Gasteiger partial charge on any atom is -0.396 e. The minimum absolute atomic E-state index is 0.139. The van der Waals surface area contributed by atoms with Gasteiger partial charge >= 0.3 is 0 Å². The predicted octanol–water partition coefficient (Wildman–Crippen LogP) is 1.21. The van der Waals surface area contributed by atoms with Crippen molar-refractivity contribution in [3.05, 3.63) is 65.5 Å². The van der Waals surface area contributed by atoms with Crippen LogP contribution in [-0.2, 0) is 0 Å². The van der Waals surface area contributed by atoms with Gasteiger partial charge in [0.15, 0.2) is 0 Å². The minimum atomic E-state index is -0.262. The molecular weight excluding hydrogens is 344 g/mol. The van der Waals surface area contributed by atoms with Gasteiger partial charge in [-0.05, 0) is 36.8 Å². The summed E-state index contributed by atoms with van der Waals surface area (Å²) >= 11 is 0. The lowest BCUT2D eigenvalue weighted by Gasteiger charge is -2.38. The molecule has 1 saturated heterocycles. The van der Waals surface area contributed by atoms with Gasteiger partial charge in [0.05, 0.1) is 17.2 Å². The van der Waals surface area contributed by atoms with Crippen molar-refractivity contribution in [1.29, 1.82) is 5.26 Å². The van der Waals surface area contributed by atoms with Gasteiger partial charge in [-0.25, -0.2) is 0 Å². The van der Waals surface area contributed by atoms with E-state index in [1.165, 1.54) is 6.20 Å². The monoisotopic (exact) mass is 364 g/mol. The van der Waals surface area contributed by atoms with E-state index in [-0.39, 0.29) is 30.4 Å². The summed E-state index contributed by atoms with van der Waals surface area (Å²) in [6.07, 6.45) is 3.63. The molecule has 1 aromatic carbocycles. The second-order valence-electron chi connectivity index (χ2n) is 6.50. The fourth-order valence-corrected chi connectivity index (χ4v) is 3.24. The second-order valence-corrected chi connectivity index (χ2v) is 6.50. The number of likely N-dealkylation sites (tertiary alicyclic amines) is 1. The number of nitrogens with zero attached hydrogens (tertiary/aromatic N) is 3. The summed E-state index contributed by atoms with van der Waals surface area (Å²) in [6.45, 7) is 0.661. The van der Waals surface area contributed by atoms with Crippen LogP contribution in [-0.4, -0.2) is 52.5 Å². The molecule has 2 atom stereocenters. The zero-order chi connectivity index (χ0) is 19.2. The van der Waals surface area contributed by atoms with E-state index in [9.17, 15) is 14.7 Å². The van der Waals surface area contributed by atoms with Gasteiger partial charge in [-0.15, -0.1) is 0 Å². The maximum atomic E-state index is 12.7. The maximum Gasteiger partial charge on any atom is 0.253 e. The van der Waals surface area contributed by atoms with Gasteiger partial charge in [-0.3, -0.25) is 14.6 Å². The Morgan fingerprint density at radius 1 is 1.30 bits per heavy atom. The molecule has 1 aliphatic rings. The summed E-state index contributed by atoms with van der Waals surface area (Å²) < 4.78 is 0. The molecule has 2 heterocycles. The van der Waals surface area contributed by atoms with Crippen molar-refractivity contribution in [3.8, 4) is 6.07 Å². The van der Waals surface area contributed by atoms with E-state index in [0.29, 0.717) is 36.2 Å². The number of hydrogen-bond donors (Lipinski definition) is 2. The third-order valence-electron chi connectivity index (χ3n) is 4.73. The Kier molecular flexibility index (Phi) is 5.79. The summed E-state index contributed by atoms with van der Waals surface area (Å²) in [5, 5.41) is 21.7. The number of carbonyl (C=O) groups excluding carboxylic acids is 2. The fraction of sp³-hybridized carbons (Fsp3) is 0.300. The third kappa shape index (κ3) is 4.30. The Bertz CT molecular complexity index is 863. The van der Waals surface area contributed by atoms with Crippen LogP contribution < -0.4 is 5.32 Å². The van der Waals surface area contributed by atoms with Crippen LogP contribution in [0.5, 0.6) is 0 Å². The quantitative estimate of drug-likeness (QED) is 0.848. The number of aliphatic hydroxyl groups excluding tert-OH is 1. The molecule has 3 rings (SSSR count). The molecule has 138 valence electrons. The Morgan fingerprint density at radius 3 is 2.81 bits per heavy atom. The van der Waals surface area contributed by atoms with Crippen molar-refractivity contribution < 1.29 is 14.7 Å². The van der Waals surface area contributed by atoms with E-state index in [2.05, 4.69) is 10.3 Å². The van der Waals surface area contributed by atoms with Crippen molar-refractivity contribution in [2.45, 2.75) is 12.5 Å². The van der Waals surface area contributed by atoms with Crippen LogP contribution in [0, 0.1) is 17.2 Å². The van der Waals surface area contributed by atoms with E-state index >= 15 is 0 Å². The molecule has 2 amide bonds. The molecule has 1 aliphatic heterocycles. The van der Waals surface area contributed by atoms with Crippen LogP contribution >= 0.6 is 0 Å². The van der Waals surface area contributed by atoms with Crippen LogP contribution in [0.3, 0.4) is 0 Å². The van der Waals surface area contributed by atoms with Gasteiger partial charge in [-0.1, -0.05) is 6.07 Å². The van der Waals surface area contributed by atoms with Gasteiger partial charge in [0, 0.05) is 49.6 Å². The summed E-state index contributed by atoms with van der Waals surface area (Å²) in [6, 6.07) is 11.7. The first-order chi connectivity index (χ1) is 13.1. The number of aliphatic hydroxyl groups is 1. The molecule has 7 heteroatoms. The highest BCUT2D eigenvalue weighted by atomic mass is 16.3. The molecule has 1 aromatic heterocycles. The molecule has 27 heavy (non-hydrogen) atoms. The molecular formula is C20H20N4O3. The molecule has 1 fully saturated rings. The largest absolute Gasteiger partial charge is 0.396 e. The van der Waals surface area contributed by atoms with Gasteiger partial charge < -0.3 is 15.3 Å². The Balaban J connectivity index is 1.66. The summed E-state index contributed by atoms with van der Waals surface area (Å²) in [4.78, 5) is 30.6. The number of piperidine rings is 1. The van der Waals surface area contributed by atoms with Crippen LogP contribution in [0.1, 0.15) is 32.7 Å². The Morgan fingerprint density at radius 2 is 2.11 bits per heavy atom. The molecule has 0 radical (unpaired) electrons. The van der Waals surface area contributed by atoms with E-state index in [1.807, 2.05) is 6.07 Å². The van der Waals surface area contributed by atoms with Gasteiger partial charge in [0.2, 0.25) is 0 Å². The van der Waals surface area contributed by atoms with E-state index in [4.69, 9.17) is 5.26 Å². The normalized spacial score (nSPS) is 19.2. The zero-order valence-electron chi connectivity index (χ0n) is 14.7. The number of rotatable bonds is 4. The van der Waals surface area contributed by atoms with Gasteiger partial charge in [0.25, 0.3) is 11.8 Å². The van der Waals surface area contributed by atoms with Crippen LogP contribution in [0.25, 0.3) is 0 Å². The van der Waals surface area contributed by atoms with Crippen LogP contribution in [0.2, 0.25) is 0 Å². The first-order valence-electron chi connectivity index (χ1n) is 8.73. The lowest BCUT2D eigenvalue weighted by atomic mass is 9.92. The number of benzene rings is 1. The van der Waals surface area contributed by atoms with E-state index in [1.54, 1.807) is 47.5 Å². The molecule has 0 spiro atoms.